The van der Waals surface area contributed by atoms with Gasteiger partial charge in [-0.1, -0.05) is 23.7 Å². The normalized spacial score (nSPS) is 17.5. The van der Waals surface area contributed by atoms with E-state index in [4.69, 9.17) is 16.4 Å². The van der Waals surface area contributed by atoms with Gasteiger partial charge in [0.25, 0.3) is 0 Å². The minimum atomic E-state index is -0.477. The van der Waals surface area contributed by atoms with Gasteiger partial charge in [0.15, 0.2) is 0 Å². The fourth-order valence-corrected chi connectivity index (χ4v) is 4.32. The Kier molecular flexibility index (Phi) is 6.86. The molecule has 32 heavy (non-hydrogen) atoms. The molecule has 0 spiro atoms. The van der Waals surface area contributed by atoms with Crippen molar-refractivity contribution in [2.75, 3.05) is 43.4 Å². The molecule has 0 unspecified atom stereocenters. The van der Waals surface area contributed by atoms with Gasteiger partial charge in [0.2, 0.25) is 5.91 Å². The predicted molar refractivity (Wildman–Crippen MR) is 126 cm³/mol. The van der Waals surface area contributed by atoms with Gasteiger partial charge in [-0.05, 0) is 60.7 Å². The van der Waals surface area contributed by atoms with Gasteiger partial charge in [-0.25, -0.2) is 4.79 Å². The topological polar surface area (TPSA) is 65.1 Å². The SMILES string of the molecule is CC(=O)N(C)C1CN(c2ccc(NC(=O)ON3CCC(c4ccc(Cl)cc4)CC3)cc2)C1. The van der Waals surface area contributed by atoms with Crippen molar-refractivity contribution in [3.05, 3.63) is 59.1 Å². The lowest BCUT2D eigenvalue weighted by molar-refractivity contribution is -0.130. The summed E-state index contributed by atoms with van der Waals surface area (Å²) in [6, 6.07) is 15.9. The van der Waals surface area contributed by atoms with Crippen LogP contribution in [0.25, 0.3) is 0 Å². The molecule has 2 heterocycles. The molecule has 0 aliphatic carbocycles. The van der Waals surface area contributed by atoms with Crippen LogP contribution in [-0.2, 0) is 9.63 Å². The van der Waals surface area contributed by atoms with Crippen LogP contribution in [0.4, 0.5) is 16.2 Å². The first-order valence-corrected chi connectivity index (χ1v) is 11.3. The van der Waals surface area contributed by atoms with Gasteiger partial charge in [0, 0.05) is 56.5 Å². The zero-order valence-corrected chi connectivity index (χ0v) is 19.2. The number of hydrogen-bond acceptors (Lipinski definition) is 5. The third-order valence-corrected chi connectivity index (χ3v) is 6.64. The molecule has 170 valence electrons. The molecule has 7 nitrogen and oxygen atoms in total. The first-order valence-electron chi connectivity index (χ1n) is 11.0. The van der Waals surface area contributed by atoms with Gasteiger partial charge in [-0.3, -0.25) is 10.1 Å². The molecule has 0 atom stereocenters. The second-order valence-corrected chi connectivity index (χ2v) is 8.93. The Morgan fingerprint density at radius 3 is 2.25 bits per heavy atom. The van der Waals surface area contributed by atoms with Crippen LogP contribution in [0.1, 0.15) is 31.2 Å². The Bertz CT molecular complexity index is 937. The highest BCUT2D eigenvalue weighted by Gasteiger charge is 2.31. The summed E-state index contributed by atoms with van der Waals surface area (Å²) in [6.45, 7) is 4.62. The summed E-state index contributed by atoms with van der Waals surface area (Å²) in [4.78, 5) is 33.2. The Hall–Kier alpha value is -2.77. The molecular formula is C24H29ClN4O3. The number of carbonyl (C=O) groups excluding carboxylic acids is 2. The third-order valence-electron chi connectivity index (χ3n) is 6.39. The lowest BCUT2D eigenvalue weighted by atomic mass is 9.90. The van der Waals surface area contributed by atoms with Crippen LogP contribution < -0.4 is 10.2 Å². The van der Waals surface area contributed by atoms with Crippen molar-refractivity contribution >= 4 is 35.0 Å². The van der Waals surface area contributed by atoms with Crippen LogP contribution in [0.5, 0.6) is 0 Å². The minimum Gasteiger partial charge on any atom is -0.367 e. The van der Waals surface area contributed by atoms with Crippen molar-refractivity contribution in [1.82, 2.24) is 9.96 Å². The van der Waals surface area contributed by atoms with Crippen LogP contribution in [0, 0.1) is 0 Å². The fourth-order valence-electron chi connectivity index (χ4n) is 4.20. The van der Waals surface area contributed by atoms with E-state index in [0.29, 0.717) is 24.7 Å². The van der Waals surface area contributed by atoms with E-state index in [9.17, 15) is 9.59 Å². The van der Waals surface area contributed by atoms with Crippen molar-refractivity contribution < 1.29 is 14.4 Å². The van der Waals surface area contributed by atoms with Gasteiger partial charge in [-0.15, -0.1) is 5.06 Å². The van der Waals surface area contributed by atoms with Gasteiger partial charge in [0.1, 0.15) is 0 Å². The summed E-state index contributed by atoms with van der Waals surface area (Å²) in [5.41, 5.74) is 3.04. The second kappa shape index (κ2) is 9.79. The van der Waals surface area contributed by atoms with Crippen LogP contribution in [-0.4, -0.2) is 61.2 Å². The summed E-state index contributed by atoms with van der Waals surface area (Å²) in [5, 5.41) is 5.26. The van der Waals surface area contributed by atoms with Gasteiger partial charge in [0.05, 0.1) is 6.04 Å². The molecule has 2 fully saturated rings. The molecule has 2 amide bonds. The number of nitrogens with zero attached hydrogens (tertiary/aromatic N) is 3. The van der Waals surface area contributed by atoms with Crippen LogP contribution >= 0.6 is 11.6 Å². The zero-order valence-electron chi connectivity index (χ0n) is 18.5. The van der Waals surface area contributed by atoms with Crippen LogP contribution in [0.2, 0.25) is 5.02 Å². The number of benzene rings is 2. The highest BCUT2D eigenvalue weighted by atomic mass is 35.5. The van der Waals surface area contributed by atoms with Crippen LogP contribution in [0.15, 0.2) is 48.5 Å². The number of amides is 2. The molecular weight excluding hydrogens is 428 g/mol. The first-order chi connectivity index (χ1) is 15.4. The fraction of sp³-hybridized carbons (Fsp3) is 0.417. The smallest absolute Gasteiger partial charge is 0.367 e. The van der Waals surface area contributed by atoms with Gasteiger partial charge in [-0.2, -0.15) is 0 Å². The molecule has 2 aromatic rings. The number of hydrogen-bond donors (Lipinski definition) is 1. The number of likely N-dealkylation sites (N-methyl/N-ethyl adjacent to an activating group) is 1. The van der Waals surface area contributed by atoms with E-state index in [1.165, 1.54) is 5.56 Å². The monoisotopic (exact) mass is 456 g/mol. The maximum Gasteiger partial charge on any atom is 0.430 e. The number of rotatable bonds is 5. The summed E-state index contributed by atoms with van der Waals surface area (Å²) in [6.07, 6.45) is 1.38. The second-order valence-electron chi connectivity index (χ2n) is 8.49. The Balaban J connectivity index is 1.20. The molecule has 2 saturated heterocycles. The van der Waals surface area contributed by atoms with Gasteiger partial charge < -0.3 is 14.6 Å². The average molecular weight is 457 g/mol. The van der Waals surface area contributed by atoms with Crippen molar-refractivity contribution in [2.24, 2.45) is 0 Å². The highest BCUT2D eigenvalue weighted by Crippen LogP contribution is 2.29. The van der Waals surface area contributed by atoms with Crippen molar-refractivity contribution in [3.8, 4) is 0 Å². The van der Waals surface area contributed by atoms with E-state index in [1.54, 1.807) is 16.9 Å². The Morgan fingerprint density at radius 2 is 1.66 bits per heavy atom. The summed E-state index contributed by atoms with van der Waals surface area (Å²) >= 11 is 5.97. The zero-order chi connectivity index (χ0) is 22.7. The quantitative estimate of drug-likeness (QED) is 0.724. The van der Waals surface area contributed by atoms with Crippen LogP contribution in [0.3, 0.4) is 0 Å². The van der Waals surface area contributed by atoms with E-state index in [2.05, 4.69) is 22.3 Å². The molecule has 8 heteroatoms. The molecule has 2 aliphatic heterocycles. The number of halogens is 1. The summed E-state index contributed by atoms with van der Waals surface area (Å²) in [7, 11) is 1.84. The minimum absolute atomic E-state index is 0.0851. The lowest BCUT2D eigenvalue weighted by Crippen LogP contribution is -2.59. The molecule has 0 aromatic heterocycles. The van der Waals surface area contributed by atoms with E-state index in [-0.39, 0.29) is 11.9 Å². The highest BCUT2D eigenvalue weighted by molar-refractivity contribution is 6.30. The average Bonchev–Trinajstić information content (AvgIpc) is 2.75. The van der Waals surface area contributed by atoms with Gasteiger partial charge >= 0.3 is 6.09 Å². The first kappa shape index (κ1) is 22.4. The van der Waals surface area contributed by atoms with Crippen molar-refractivity contribution in [3.63, 3.8) is 0 Å². The van der Waals surface area contributed by atoms with E-state index >= 15 is 0 Å². The Labute approximate surface area is 193 Å². The number of piperidine rings is 1. The number of carbonyl (C=O) groups is 2. The summed E-state index contributed by atoms with van der Waals surface area (Å²) in [5.74, 6) is 0.543. The molecule has 2 aromatic carbocycles. The number of anilines is 2. The maximum absolute atomic E-state index is 12.3. The molecule has 1 N–H and O–H groups in total. The van der Waals surface area contributed by atoms with Crippen molar-refractivity contribution in [1.29, 1.82) is 0 Å². The lowest BCUT2D eigenvalue weighted by Gasteiger charge is -2.45. The van der Waals surface area contributed by atoms with E-state index in [1.807, 2.05) is 43.4 Å². The Morgan fingerprint density at radius 1 is 1.03 bits per heavy atom. The molecule has 0 bridgehead atoms. The molecule has 2 aliphatic rings. The standard InChI is InChI=1S/C24H29ClN4O3/c1-17(30)27(2)23-15-28(16-23)22-9-7-21(8-10-22)26-24(31)32-29-13-11-19(12-14-29)18-3-5-20(25)6-4-18/h3-10,19,23H,11-16H2,1-2H3,(H,26,31). The number of hydroxylamine groups is 2. The largest absolute Gasteiger partial charge is 0.430 e. The molecule has 4 rings (SSSR count). The molecule has 0 saturated carbocycles. The van der Waals surface area contributed by atoms with E-state index < -0.39 is 6.09 Å². The van der Waals surface area contributed by atoms with Crippen molar-refractivity contribution in [2.45, 2.75) is 31.7 Å². The molecule has 0 radical (unpaired) electrons. The third kappa shape index (κ3) is 5.34. The van der Waals surface area contributed by atoms with E-state index in [0.717, 1.165) is 36.6 Å². The maximum atomic E-state index is 12.3. The predicted octanol–water partition coefficient (Wildman–Crippen LogP) is 4.35. The summed E-state index contributed by atoms with van der Waals surface area (Å²) < 4.78 is 0. The number of nitrogens with one attached hydrogen (secondary N) is 1.